The monoisotopic (exact) mass is 356 g/mol. The number of nitrogens with one attached hydrogen (secondary N) is 1. The molecule has 0 aliphatic carbocycles. The van der Waals surface area contributed by atoms with Crippen LogP contribution in [0.4, 0.5) is 0 Å². The lowest BCUT2D eigenvalue weighted by Gasteiger charge is -2.22. The first kappa shape index (κ1) is 17.8. The molecule has 2 heterocycles. The number of carbonyl (C=O) groups excluding carboxylic acids is 3. The van der Waals surface area contributed by atoms with E-state index < -0.39 is 12.1 Å². The normalized spacial score (nSPS) is 18.3. The number of piperidine rings is 1. The van der Waals surface area contributed by atoms with Crippen LogP contribution in [-0.2, 0) is 19.1 Å². The number of aromatic nitrogens is 1. The molecular weight excluding hydrogens is 336 g/mol. The Hall–Kier alpha value is -2.96. The second-order valence-electron chi connectivity index (χ2n) is 6.30. The van der Waals surface area contributed by atoms with Gasteiger partial charge in [0.05, 0.1) is 18.5 Å². The van der Waals surface area contributed by atoms with Gasteiger partial charge in [-0.05, 0) is 44.0 Å². The average Bonchev–Trinajstić information content (AvgIpc) is 2.60. The summed E-state index contributed by atoms with van der Waals surface area (Å²) in [5, 5.41) is 3.24. The molecule has 0 bridgehead atoms. The third-order valence-corrected chi connectivity index (χ3v) is 4.48. The molecule has 1 aliphatic heterocycles. The quantitative estimate of drug-likeness (QED) is 0.665. The van der Waals surface area contributed by atoms with Gasteiger partial charge in [0.2, 0.25) is 11.8 Å². The van der Waals surface area contributed by atoms with Crippen molar-refractivity contribution in [2.24, 2.45) is 0 Å². The highest BCUT2D eigenvalue weighted by Crippen LogP contribution is 2.30. The standard InChI is InChI=1S/C19H20N2O5/c1-10-15(14-6-7-17(22)21-18(14)23)8-12-4-5-13(9-16(12)20-10)26-11(2)19(24)25-3/h4-5,8-9,11,14H,6-7H2,1-3H3,(H,21,22,23). The zero-order chi connectivity index (χ0) is 18.8. The zero-order valence-corrected chi connectivity index (χ0v) is 14.9. The predicted octanol–water partition coefficient (Wildman–Crippen LogP) is 2.00. The van der Waals surface area contributed by atoms with Gasteiger partial charge in [-0.25, -0.2) is 4.79 Å². The highest BCUT2D eigenvalue weighted by molar-refractivity contribution is 6.01. The van der Waals surface area contributed by atoms with Gasteiger partial charge >= 0.3 is 5.97 Å². The number of benzene rings is 1. The van der Waals surface area contributed by atoms with Gasteiger partial charge in [0.25, 0.3) is 0 Å². The number of imide groups is 1. The number of aryl methyl sites for hydroxylation is 1. The van der Waals surface area contributed by atoms with Crippen LogP contribution in [0, 0.1) is 6.92 Å². The molecule has 1 saturated heterocycles. The van der Waals surface area contributed by atoms with Gasteiger partial charge in [0.15, 0.2) is 6.10 Å². The second-order valence-corrected chi connectivity index (χ2v) is 6.30. The van der Waals surface area contributed by atoms with E-state index in [1.807, 2.05) is 19.1 Å². The number of methoxy groups -OCH3 is 1. The fraction of sp³-hybridized carbons (Fsp3) is 0.368. The van der Waals surface area contributed by atoms with Gasteiger partial charge in [-0.1, -0.05) is 0 Å². The average molecular weight is 356 g/mol. The molecule has 26 heavy (non-hydrogen) atoms. The number of carbonyl (C=O) groups is 3. The van der Waals surface area contributed by atoms with E-state index in [4.69, 9.17) is 4.74 Å². The molecular formula is C19H20N2O5. The largest absolute Gasteiger partial charge is 0.479 e. The lowest BCUT2D eigenvalue weighted by atomic mass is 9.89. The van der Waals surface area contributed by atoms with E-state index in [0.717, 1.165) is 16.6 Å². The maximum Gasteiger partial charge on any atom is 0.346 e. The van der Waals surface area contributed by atoms with Crippen molar-refractivity contribution in [2.75, 3.05) is 7.11 Å². The summed E-state index contributed by atoms with van der Waals surface area (Å²) < 4.78 is 10.2. The Bertz CT molecular complexity index is 893. The van der Waals surface area contributed by atoms with Crippen molar-refractivity contribution in [1.29, 1.82) is 0 Å². The molecule has 7 heteroatoms. The first-order valence-corrected chi connectivity index (χ1v) is 8.38. The van der Waals surface area contributed by atoms with Crippen LogP contribution in [0.15, 0.2) is 24.3 Å². The zero-order valence-electron chi connectivity index (χ0n) is 14.9. The van der Waals surface area contributed by atoms with E-state index in [1.54, 1.807) is 19.1 Å². The van der Waals surface area contributed by atoms with Crippen molar-refractivity contribution in [3.8, 4) is 5.75 Å². The second kappa shape index (κ2) is 7.11. The van der Waals surface area contributed by atoms with E-state index in [-0.39, 0.29) is 17.7 Å². The van der Waals surface area contributed by atoms with Gasteiger partial charge < -0.3 is 9.47 Å². The fourth-order valence-corrected chi connectivity index (χ4v) is 3.09. The Morgan fingerprint density at radius 3 is 2.77 bits per heavy atom. The molecule has 1 aromatic carbocycles. The Kier molecular flexibility index (Phi) is 4.88. The summed E-state index contributed by atoms with van der Waals surface area (Å²) in [4.78, 5) is 39.5. The first-order valence-electron chi connectivity index (χ1n) is 8.38. The molecule has 0 saturated carbocycles. The molecule has 1 aliphatic rings. The summed E-state index contributed by atoms with van der Waals surface area (Å²) >= 11 is 0. The van der Waals surface area contributed by atoms with E-state index in [1.165, 1.54) is 7.11 Å². The van der Waals surface area contributed by atoms with Crippen molar-refractivity contribution in [3.05, 3.63) is 35.5 Å². The maximum atomic E-state index is 12.1. The van der Waals surface area contributed by atoms with Crippen LogP contribution in [0.2, 0.25) is 0 Å². The number of nitrogens with zero attached hydrogens (tertiary/aromatic N) is 1. The highest BCUT2D eigenvalue weighted by Gasteiger charge is 2.29. The SMILES string of the molecule is COC(=O)C(C)Oc1ccc2cc(C3CCC(=O)NC3=O)c(C)nc2c1. The van der Waals surface area contributed by atoms with Gasteiger partial charge in [0, 0.05) is 23.6 Å². The van der Waals surface area contributed by atoms with Crippen molar-refractivity contribution in [1.82, 2.24) is 10.3 Å². The number of esters is 1. The molecule has 2 unspecified atom stereocenters. The molecule has 1 aromatic heterocycles. The number of fused-ring (bicyclic) bond motifs is 1. The maximum absolute atomic E-state index is 12.1. The number of ether oxygens (including phenoxy) is 2. The van der Waals surface area contributed by atoms with Crippen molar-refractivity contribution < 1.29 is 23.9 Å². The number of rotatable bonds is 4. The molecule has 2 atom stereocenters. The molecule has 3 rings (SSSR count). The lowest BCUT2D eigenvalue weighted by Crippen LogP contribution is -2.39. The summed E-state index contributed by atoms with van der Waals surface area (Å²) in [5.41, 5.74) is 2.25. The third-order valence-electron chi connectivity index (χ3n) is 4.48. The van der Waals surface area contributed by atoms with E-state index >= 15 is 0 Å². The number of amides is 2. The summed E-state index contributed by atoms with van der Waals surface area (Å²) in [7, 11) is 1.31. The minimum absolute atomic E-state index is 0.237. The van der Waals surface area contributed by atoms with Gasteiger partial charge in [-0.3, -0.25) is 19.9 Å². The lowest BCUT2D eigenvalue weighted by molar-refractivity contribution is -0.148. The number of pyridine rings is 1. The Labute approximate surface area is 150 Å². The molecule has 2 amide bonds. The summed E-state index contributed by atoms with van der Waals surface area (Å²) in [6.07, 6.45) is 0.0871. The van der Waals surface area contributed by atoms with Gasteiger partial charge in [-0.2, -0.15) is 0 Å². The van der Waals surface area contributed by atoms with Crippen LogP contribution in [0.25, 0.3) is 10.9 Å². The van der Waals surface area contributed by atoms with E-state index in [9.17, 15) is 14.4 Å². The Morgan fingerprint density at radius 2 is 2.08 bits per heavy atom. The first-order chi connectivity index (χ1) is 12.4. The Balaban J connectivity index is 1.90. The summed E-state index contributed by atoms with van der Waals surface area (Å²) in [5.74, 6) is -0.838. The number of hydrogen-bond donors (Lipinski definition) is 1. The van der Waals surface area contributed by atoms with Crippen LogP contribution in [0.1, 0.15) is 36.9 Å². The summed E-state index contributed by atoms with van der Waals surface area (Å²) in [6, 6.07) is 7.24. The van der Waals surface area contributed by atoms with Gasteiger partial charge in [0.1, 0.15) is 5.75 Å². The fourth-order valence-electron chi connectivity index (χ4n) is 3.09. The van der Waals surface area contributed by atoms with E-state index in [0.29, 0.717) is 24.1 Å². The molecule has 0 spiro atoms. The predicted molar refractivity (Wildman–Crippen MR) is 93.7 cm³/mol. The van der Waals surface area contributed by atoms with Crippen LogP contribution in [-0.4, -0.2) is 36.0 Å². The third kappa shape index (κ3) is 3.51. The molecule has 0 radical (unpaired) electrons. The number of hydrogen-bond acceptors (Lipinski definition) is 6. The van der Waals surface area contributed by atoms with Crippen LogP contribution in [0.5, 0.6) is 5.75 Å². The topological polar surface area (TPSA) is 94.6 Å². The van der Waals surface area contributed by atoms with E-state index in [2.05, 4.69) is 15.0 Å². The smallest absolute Gasteiger partial charge is 0.346 e. The molecule has 1 fully saturated rings. The highest BCUT2D eigenvalue weighted by atomic mass is 16.6. The van der Waals surface area contributed by atoms with Crippen molar-refractivity contribution in [3.63, 3.8) is 0 Å². The van der Waals surface area contributed by atoms with Crippen LogP contribution < -0.4 is 10.1 Å². The molecule has 7 nitrogen and oxygen atoms in total. The minimum Gasteiger partial charge on any atom is -0.479 e. The van der Waals surface area contributed by atoms with Crippen LogP contribution >= 0.6 is 0 Å². The molecule has 1 N–H and O–H groups in total. The van der Waals surface area contributed by atoms with Crippen molar-refractivity contribution >= 4 is 28.7 Å². The van der Waals surface area contributed by atoms with Crippen molar-refractivity contribution in [2.45, 2.75) is 38.7 Å². The summed E-state index contributed by atoms with van der Waals surface area (Å²) in [6.45, 7) is 3.45. The minimum atomic E-state index is -0.721. The van der Waals surface area contributed by atoms with Crippen LogP contribution in [0.3, 0.4) is 0 Å². The molecule has 2 aromatic rings. The van der Waals surface area contributed by atoms with Gasteiger partial charge in [-0.15, -0.1) is 0 Å². The molecule has 136 valence electrons. The Morgan fingerprint density at radius 1 is 1.31 bits per heavy atom.